The minimum Gasteiger partial charge on any atom is -0.489 e. The Bertz CT molecular complexity index is 700. The summed E-state index contributed by atoms with van der Waals surface area (Å²) in [6.07, 6.45) is 2.13. The van der Waals surface area contributed by atoms with Gasteiger partial charge in [-0.15, -0.1) is 12.4 Å². The SMILES string of the molecule is Cc1cccc(COc2cccc(C(=O)NC3CCCNC3)c2)c1.Cl. The number of nitrogens with one attached hydrogen (secondary N) is 2. The number of aryl methyl sites for hydroxylation is 1. The molecule has 134 valence electrons. The van der Waals surface area contributed by atoms with Crippen molar-refractivity contribution in [3.63, 3.8) is 0 Å². The number of hydrogen-bond donors (Lipinski definition) is 2. The zero-order chi connectivity index (χ0) is 16.8. The van der Waals surface area contributed by atoms with Gasteiger partial charge in [0.25, 0.3) is 5.91 Å². The summed E-state index contributed by atoms with van der Waals surface area (Å²) in [6, 6.07) is 15.8. The standard InChI is InChI=1S/C20H24N2O2.ClH/c1-15-5-2-6-16(11-15)14-24-19-9-3-7-17(12-19)20(23)22-18-8-4-10-21-13-18;/h2-3,5-7,9,11-12,18,21H,4,8,10,13-14H2,1H3,(H,22,23);1H. The molecule has 1 fully saturated rings. The summed E-state index contributed by atoms with van der Waals surface area (Å²) in [5.41, 5.74) is 2.98. The van der Waals surface area contributed by atoms with Crippen LogP contribution in [0.1, 0.15) is 34.3 Å². The van der Waals surface area contributed by atoms with E-state index in [0.717, 1.165) is 31.5 Å². The number of halogens is 1. The maximum atomic E-state index is 12.4. The van der Waals surface area contributed by atoms with Gasteiger partial charge in [-0.1, -0.05) is 35.9 Å². The molecule has 2 aromatic carbocycles. The van der Waals surface area contributed by atoms with Gasteiger partial charge >= 0.3 is 0 Å². The third kappa shape index (κ3) is 5.76. The summed E-state index contributed by atoms with van der Waals surface area (Å²) < 4.78 is 5.84. The number of piperidine rings is 1. The average molecular weight is 361 g/mol. The molecule has 25 heavy (non-hydrogen) atoms. The predicted molar refractivity (Wildman–Crippen MR) is 103 cm³/mol. The van der Waals surface area contributed by atoms with Crippen LogP contribution in [-0.2, 0) is 6.61 Å². The second-order valence-electron chi connectivity index (χ2n) is 6.32. The molecule has 0 aliphatic carbocycles. The van der Waals surface area contributed by atoms with E-state index in [9.17, 15) is 4.79 Å². The summed E-state index contributed by atoms with van der Waals surface area (Å²) >= 11 is 0. The van der Waals surface area contributed by atoms with E-state index in [2.05, 4.69) is 29.7 Å². The van der Waals surface area contributed by atoms with Crippen LogP contribution in [0.15, 0.2) is 48.5 Å². The van der Waals surface area contributed by atoms with Crippen molar-refractivity contribution >= 4 is 18.3 Å². The Balaban J connectivity index is 0.00000225. The lowest BCUT2D eigenvalue weighted by atomic mass is 10.1. The van der Waals surface area contributed by atoms with Gasteiger partial charge in [-0.2, -0.15) is 0 Å². The molecule has 1 heterocycles. The van der Waals surface area contributed by atoms with Gasteiger partial charge in [0, 0.05) is 18.2 Å². The Morgan fingerprint density at radius 2 is 2.08 bits per heavy atom. The van der Waals surface area contributed by atoms with Crippen LogP contribution in [-0.4, -0.2) is 25.0 Å². The van der Waals surface area contributed by atoms with Crippen molar-refractivity contribution < 1.29 is 9.53 Å². The number of benzene rings is 2. The highest BCUT2D eigenvalue weighted by Crippen LogP contribution is 2.16. The summed E-state index contributed by atoms with van der Waals surface area (Å²) in [4.78, 5) is 12.4. The molecule has 0 radical (unpaired) electrons. The van der Waals surface area contributed by atoms with E-state index in [-0.39, 0.29) is 24.4 Å². The summed E-state index contributed by atoms with van der Waals surface area (Å²) in [5, 5.41) is 6.39. The van der Waals surface area contributed by atoms with Crippen molar-refractivity contribution in [1.82, 2.24) is 10.6 Å². The molecule has 1 aliphatic rings. The van der Waals surface area contributed by atoms with Gasteiger partial charge in [0.05, 0.1) is 0 Å². The van der Waals surface area contributed by atoms with E-state index >= 15 is 0 Å². The van der Waals surface area contributed by atoms with Crippen molar-refractivity contribution in [2.24, 2.45) is 0 Å². The van der Waals surface area contributed by atoms with Crippen molar-refractivity contribution in [2.45, 2.75) is 32.4 Å². The predicted octanol–water partition coefficient (Wildman–Crippen LogP) is 3.48. The lowest BCUT2D eigenvalue weighted by Crippen LogP contribution is -2.45. The van der Waals surface area contributed by atoms with Crippen molar-refractivity contribution in [2.75, 3.05) is 13.1 Å². The molecule has 1 atom stereocenters. The number of ether oxygens (including phenoxy) is 1. The monoisotopic (exact) mass is 360 g/mol. The van der Waals surface area contributed by atoms with Gasteiger partial charge in [0.15, 0.2) is 0 Å². The van der Waals surface area contributed by atoms with E-state index in [4.69, 9.17) is 4.74 Å². The van der Waals surface area contributed by atoms with Crippen molar-refractivity contribution in [1.29, 1.82) is 0 Å². The van der Waals surface area contributed by atoms with Gasteiger partial charge in [-0.05, 0) is 50.1 Å². The molecule has 2 aromatic rings. The highest BCUT2D eigenvalue weighted by Gasteiger charge is 2.16. The molecule has 1 amide bonds. The Morgan fingerprint density at radius 1 is 1.24 bits per heavy atom. The molecule has 2 N–H and O–H groups in total. The largest absolute Gasteiger partial charge is 0.489 e. The molecule has 0 spiro atoms. The Morgan fingerprint density at radius 3 is 2.84 bits per heavy atom. The van der Waals surface area contributed by atoms with E-state index in [1.807, 2.05) is 30.3 Å². The molecule has 5 heteroatoms. The minimum absolute atomic E-state index is 0. The van der Waals surface area contributed by atoms with E-state index in [1.165, 1.54) is 5.56 Å². The van der Waals surface area contributed by atoms with Gasteiger partial charge in [0.2, 0.25) is 0 Å². The molecule has 0 aromatic heterocycles. The third-order valence-electron chi connectivity index (χ3n) is 4.22. The first kappa shape index (κ1) is 19.3. The van der Waals surface area contributed by atoms with Crippen molar-refractivity contribution in [3.05, 3.63) is 65.2 Å². The minimum atomic E-state index is -0.0373. The molecule has 3 rings (SSSR count). The van der Waals surface area contributed by atoms with Gasteiger partial charge < -0.3 is 15.4 Å². The molecular formula is C20H25ClN2O2. The normalized spacial score (nSPS) is 16.6. The first-order chi connectivity index (χ1) is 11.7. The zero-order valence-corrected chi connectivity index (χ0v) is 15.3. The van der Waals surface area contributed by atoms with Gasteiger partial charge in [0.1, 0.15) is 12.4 Å². The second-order valence-corrected chi connectivity index (χ2v) is 6.32. The molecular weight excluding hydrogens is 336 g/mol. The van der Waals surface area contributed by atoms with Crippen LogP contribution in [0.3, 0.4) is 0 Å². The quantitative estimate of drug-likeness (QED) is 0.858. The maximum Gasteiger partial charge on any atom is 0.251 e. The highest BCUT2D eigenvalue weighted by atomic mass is 35.5. The molecule has 0 bridgehead atoms. The Labute approximate surface area is 155 Å². The van der Waals surface area contributed by atoms with Crippen LogP contribution in [0.25, 0.3) is 0 Å². The number of rotatable bonds is 5. The van der Waals surface area contributed by atoms with E-state index < -0.39 is 0 Å². The molecule has 1 aliphatic heterocycles. The van der Waals surface area contributed by atoms with Crippen LogP contribution in [0.2, 0.25) is 0 Å². The Kier molecular flexibility index (Phi) is 7.29. The van der Waals surface area contributed by atoms with Crippen LogP contribution in [0.5, 0.6) is 5.75 Å². The fourth-order valence-corrected chi connectivity index (χ4v) is 2.94. The summed E-state index contributed by atoms with van der Waals surface area (Å²) in [7, 11) is 0. The van der Waals surface area contributed by atoms with E-state index in [0.29, 0.717) is 17.9 Å². The number of hydrogen-bond acceptors (Lipinski definition) is 3. The van der Waals surface area contributed by atoms with Gasteiger partial charge in [-0.3, -0.25) is 4.79 Å². The van der Waals surface area contributed by atoms with E-state index in [1.54, 1.807) is 6.07 Å². The smallest absolute Gasteiger partial charge is 0.251 e. The van der Waals surface area contributed by atoms with Crippen LogP contribution in [0, 0.1) is 6.92 Å². The fraction of sp³-hybridized carbons (Fsp3) is 0.350. The third-order valence-corrected chi connectivity index (χ3v) is 4.22. The first-order valence-electron chi connectivity index (χ1n) is 8.51. The summed E-state index contributed by atoms with van der Waals surface area (Å²) in [5.74, 6) is 0.677. The van der Waals surface area contributed by atoms with Crippen LogP contribution < -0.4 is 15.4 Å². The number of amides is 1. The fourth-order valence-electron chi connectivity index (χ4n) is 2.94. The molecule has 4 nitrogen and oxygen atoms in total. The van der Waals surface area contributed by atoms with Crippen LogP contribution in [0.4, 0.5) is 0 Å². The topological polar surface area (TPSA) is 50.4 Å². The summed E-state index contributed by atoms with van der Waals surface area (Å²) in [6.45, 7) is 4.44. The van der Waals surface area contributed by atoms with Crippen molar-refractivity contribution in [3.8, 4) is 5.75 Å². The second kappa shape index (κ2) is 9.44. The first-order valence-corrected chi connectivity index (χ1v) is 8.51. The lowest BCUT2D eigenvalue weighted by Gasteiger charge is -2.23. The van der Waals surface area contributed by atoms with Gasteiger partial charge in [-0.25, -0.2) is 0 Å². The maximum absolute atomic E-state index is 12.4. The molecule has 0 saturated carbocycles. The average Bonchev–Trinajstić information content (AvgIpc) is 2.61. The lowest BCUT2D eigenvalue weighted by molar-refractivity contribution is 0.0930. The van der Waals surface area contributed by atoms with Crippen LogP contribution >= 0.6 is 12.4 Å². The zero-order valence-electron chi connectivity index (χ0n) is 14.5. The highest BCUT2D eigenvalue weighted by molar-refractivity contribution is 5.94. The molecule has 1 saturated heterocycles. The Hall–Kier alpha value is -2.04. The molecule has 1 unspecified atom stereocenters. The number of carbonyl (C=O) groups excluding carboxylic acids is 1. The number of carbonyl (C=O) groups is 1.